The fourth-order valence-electron chi connectivity index (χ4n) is 2.31. The molecule has 0 aromatic heterocycles. The van der Waals surface area contributed by atoms with Crippen molar-refractivity contribution in [3.8, 4) is 5.75 Å². The minimum absolute atomic E-state index is 0.308. The van der Waals surface area contributed by atoms with Gasteiger partial charge in [-0.2, -0.15) is 13.2 Å². The minimum Gasteiger partial charge on any atom is -0.492 e. The molecule has 0 aliphatic rings. The summed E-state index contributed by atoms with van der Waals surface area (Å²) in [5.74, 6) is 0.388. The number of aliphatic hydroxyl groups is 1. The first-order valence-corrected chi connectivity index (χ1v) is 7.89. The highest BCUT2D eigenvalue weighted by Gasteiger charge is 2.55. The van der Waals surface area contributed by atoms with Crippen LogP contribution in [0.3, 0.4) is 0 Å². The van der Waals surface area contributed by atoms with Gasteiger partial charge < -0.3 is 20.5 Å². The van der Waals surface area contributed by atoms with Gasteiger partial charge in [0.05, 0.1) is 18.8 Å². The summed E-state index contributed by atoms with van der Waals surface area (Å²) in [5.41, 5.74) is -3.25. The van der Waals surface area contributed by atoms with Crippen LogP contribution < -0.4 is 15.4 Å². The van der Waals surface area contributed by atoms with E-state index in [2.05, 4.69) is 10.6 Å². The fraction of sp³-hybridized carbons (Fsp3) is 0.278. The molecule has 5 nitrogen and oxygen atoms in total. The van der Waals surface area contributed by atoms with E-state index in [-0.39, 0.29) is 5.56 Å². The van der Waals surface area contributed by atoms with Gasteiger partial charge >= 0.3 is 12.2 Å². The van der Waals surface area contributed by atoms with Gasteiger partial charge in [0.25, 0.3) is 0 Å². The summed E-state index contributed by atoms with van der Waals surface area (Å²) >= 11 is 0. The molecular formula is C18H19F3N2O3. The number of alkyl halides is 3. The average Bonchev–Trinajstić information content (AvgIpc) is 2.61. The summed E-state index contributed by atoms with van der Waals surface area (Å²) in [6.07, 6.45) is -4.97. The Kier molecular flexibility index (Phi) is 6.10. The molecule has 0 saturated heterocycles. The molecule has 0 aliphatic heterocycles. The summed E-state index contributed by atoms with van der Waals surface area (Å²) in [6.45, 7) is 1.09. The van der Waals surface area contributed by atoms with Crippen molar-refractivity contribution < 1.29 is 27.8 Å². The molecule has 0 radical (unpaired) electrons. The fourth-order valence-corrected chi connectivity index (χ4v) is 2.31. The third-order valence-electron chi connectivity index (χ3n) is 3.66. The second kappa shape index (κ2) is 8.09. The van der Waals surface area contributed by atoms with Crippen molar-refractivity contribution in [2.75, 3.05) is 18.5 Å². The largest absolute Gasteiger partial charge is 0.492 e. The number of nitrogens with one attached hydrogen (secondary N) is 2. The van der Waals surface area contributed by atoms with Crippen LogP contribution in [0.25, 0.3) is 0 Å². The van der Waals surface area contributed by atoms with Gasteiger partial charge in [-0.05, 0) is 24.6 Å². The number of hydrogen-bond donors (Lipinski definition) is 3. The molecule has 2 aromatic rings. The molecule has 0 heterocycles. The Morgan fingerprint density at radius 2 is 1.69 bits per heavy atom. The Morgan fingerprint density at radius 3 is 2.31 bits per heavy atom. The van der Waals surface area contributed by atoms with Gasteiger partial charge in [0.15, 0.2) is 0 Å². The summed E-state index contributed by atoms with van der Waals surface area (Å²) in [6, 6.07) is 12.2. The van der Waals surface area contributed by atoms with Gasteiger partial charge in [-0.1, -0.05) is 42.5 Å². The molecule has 0 aliphatic carbocycles. The summed E-state index contributed by atoms with van der Waals surface area (Å²) < 4.78 is 45.5. The van der Waals surface area contributed by atoms with Crippen LogP contribution >= 0.6 is 0 Å². The summed E-state index contributed by atoms with van der Waals surface area (Å²) in [7, 11) is 0. The van der Waals surface area contributed by atoms with Crippen molar-refractivity contribution in [1.82, 2.24) is 5.32 Å². The lowest BCUT2D eigenvalue weighted by Crippen LogP contribution is -2.51. The third-order valence-corrected chi connectivity index (χ3v) is 3.66. The second-order valence-corrected chi connectivity index (χ2v) is 5.46. The van der Waals surface area contributed by atoms with E-state index in [9.17, 15) is 23.1 Å². The zero-order valence-electron chi connectivity index (χ0n) is 14.0. The second-order valence-electron chi connectivity index (χ2n) is 5.46. The molecule has 26 heavy (non-hydrogen) atoms. The summed E-state index contributed by atoms with van der Waals surface area (Å²) in [5, 5.41) is 14.7. The molecular weight excluding hydrogens is 349 g/mol. The third kappa shape index (κ3) is 4.45. The lowest BCUT2D eigenvalue weighted by molar-refractivity contribution is -0.263. The first kappa shape index (κ1) is 19.6. The number of benzene rings is 2. The highest BCUT2D eigenvalue weighted by atomic mass is 19.4. The highest BCUT2D eigenvalue weighted by molar-refractivity contribution is 5.90. The van der Waals surface area contributed by atoms with Crippen molar-refractivity contribution in [2.45, 2.75) is 18.7 Å². The van der Waals surface area contributed by atoms with E-state index in [1.165, 1.54) is 18.2 Å². The molecule has 0 unspecified atom stereocenters. The van der Waals surface area contributed by atoms with Gasteiger partial charge in [-0.25, -0.2) is 4.79 Å². The number of ether oxygens (including phenoxy) is 1. The number of rotatable bonds is 6. The van der Waals surface area contributed by atoms with Crippen LogP contribution in [0, 0.1) is 0 Å². The Labute approximate surface area is 148 Å². The van der Waals surface area contributed by atoms with Gasteiger partial charge in [0.2, 0.25) is 5.60 Å². The molecule has 0 spiro atoms. The molecule has 3 N–H and O–H groups in total. The van der Waals surface area contributed by atoms with E-state index in [1.54, 1.807) is 31.2 Å². The molecule has 2 rings (SSSR count). The van der Waals surface area contributed by atoms with Crippen LogP contribution in [0.1, 0.15) is 12.5 Å². The minimum atomic E-state index is -4.97. The smallest absolute Gasteiger partial charge is 0.423 e. The number of anilines is 1. The number of carbonyl (C=O) groups excluding carboxylic acids is 1. The van der Waals surface area contributed by atoms with Gasteiger partial charge in [0.1, 0.15) is 5.75 Å². The molecule has 2 aromatic carbocycles. The first-order chi connectivity index (χ1) is 12.3. The van der Waals surface area contributed by atoms with E-state index in [0.29, 0.717) is 18.0 Å². The first-order valence-electron chi connectivity index (χ1n) is 7.89. The van der Waals surface area contributed by atoms with Gasteiger partial charge in [-0.15, -0.1) is 0 Å². The predicted molar refractivity (Wildman–Crippen MR) is 91.0 cm³/mol. The number of amides is 2. The number of hydrogen-bond acceptors (Lipinski definition) is 3. The van der Waals surface area contributed by atoms with Crippen LogP contribution in [0.5, 0.6) is 5.75 Å². The Bertz CT molecular complexity index is 738. The molecule has 0 fully saturated rings. The van der Waals surface area contributed by atoms with Crippen LogP contribution in [0.4, 0.5) is 23.7 Å². The number of urea groups is 1. The van der Waals surface area contributed by atoms with Crippen LogP contribution in [-0.4, -0.2) is 30.5 Å². The maximum absolute atomic E-state index is 13.4. The maximum atomic E-state index is 13.4. The predicted octanol–water partition coefficient (Wildman–Crippen LogP) is 3.66. The monoisotopic (exact) mass is 368 g/mol. The van der Waals surface area contributed by atoms with E-state index >= 15 is 0 Å². The van der Waals surface area contributed by atoms with Gasteiger partial charge in [-0.3, -0.25) is 0 Å². The molecule has 8 heteroatoms. The van der Waals surface area contributed by atoms with E-state index in [0.717, 1.165) is 12.1 Å². The van der Waals surface area contributed by atoms with Crippen molar-refractivity contribution >= 4 is 11.7 Å². The van der Waals surface area contributed by atoms with E-state index in [1.807, 2.05) is 0 Å². The number of para-hydroxylation sites is 2. The van der Waals surface area contributed by atoms with Crippen LogP contribution in [0.15, 0.2) is 54.6 Å². The molecule has 2 amide bonds. The topological polar surface area (TPSA) is 70.6 Å². The van der Waals surface area contributed by atoms with Gasteiger partial charge in [0, 0.05) is 0 Å². The zero-order chi connectivity index (χ0) is 19.2. The summed E-state index contributed by atoms with van der Waals surface area (Å²) in [4.78, 5) is 12.0. The van der Waals surface area contributed by atoms with E-state index in [4.69, 9.17) is 4.74 Å². The Hall–Kier alpha value is -2.74. The number of carbonyl (C=O) groups is 1. The standard InChI is InChI=1S/C18H19F3N2O3/c1-2-26-15-11-7-6-10-14(15)23-16(24)22-12-17(25,18(19,20)21)13-8-4-3-5-9-13/h3-11,25H,2,12H2,1H3,(H2,22,23,24)/t17-/m0/s1. The highest BCUT2D eigenvalue weighted by Crippen LogP contribution is 2.38. The Morgan fingerprint density at radius 1 is 1.08 bits per heavy atom. The van der Waals surface area contributed by atoms with Crippen molar-refractivity contribution in [2.24, 2.45) is 0 Å². The SMILES string of the molecule is CCOc1ccccc1NC(=O)NC[C@](O)(c1ccccc1)C(F)(F)F. The van der Waals surface area contributed by atoms with Crippen LogP contribution in [-0.2, 0) is 5.60 Å². The maximum Gasteiger partial charge on any atom is 0.423 e. The lowest BCUT2D eigenvalue weighted by atomic mass is 9.93. The van der Waals surface area contributed by atoms with Crippen LogP contribution in [0.2, 0.25) is 0 Å². The zero-order valence-corrected chi connectivity index (χ0v) is 14.0. The van der Waals surface area contributed by atoms with Crippen molar-refractivity contribution in [1.29, 1.82) is 0 Å². The van der Waals surface area contributed by atoms with Crippen molar-refractivity contribution in [3.05, 3.63) is 60.2 Å². The van der Waals surface area contributed by atoms with E-state index < -0.39 is 24.4 Å². The molecule has 1 atom stereocenters. The average molecular weight is 368 g/mol. The Balaban J connectivity index is 2.11. The van der Waals surface area contributed by atoms with Crippen molar-refractivity contribution in [3.63, 3.8) is 0 Å². The lowest BCUT2D eigenvalue weighted by Gasteiger charge is -2.31. The quantitative estimate of drug-likeness (QED) is 0.729. The molecule has 0 saturated carbocycles. The molecule has 0 bridgehead atoms. The number of halogens is 3. The molecule has 140 valence electrons. The normalized spacial score (nSPS) is 13.6.